The number of esters is 1. The molecule has 3 nitrogen and oxygen atoms in total. The number of hydrogen-bond donors (Lipinski definition) is 1. The Morgan fingerprint density at radius 2 is 2.00 bits per heavy atom. The summed E-state index contributed by atoms with van der Waals surface area (Å²) in [6.07, 6.45) is 0. The second-order valence-electron chi connectivity index (χ2n) is 3.32. The SMILES string of the molecule is CNc1ccccc1OC(=O)C(C)C. The Hall–Kier alpha value is -1.51. The molecule has 14 heavy (non-hydrogen) atoms. The van der Waals surface area contributed by atoms with Crippen molar-refractivity contribution in [3.05, 3.63) is 24.3 Å². The summed E-state index contributed by atoms with van der Waals surface area (Å²) in [5, 5.41) is 2.96. The van der Waals surface area contributed by atoms with Crippen LogP contribution in [0, 0.1) is 5.92 Å². The molecule has 0 fully saturated rings. The number of nitrogens with one attached hydrogen (secondary N) is 1. The van der Waals surface area contributed by atoms with Gasteiger partial charge in [0.2, 0.25) is 0 Å². The fourth-order valence-corrected chi connectivity index (χ4v) is 0.988. The van der Waals surface area contributed by atoms with Crippen LogP contribution in [0.25, 0.3) is 0 Å². The van der Waals surface area contributed by atoms with Crippen LogP contribution in [-0.4, -0.2) is 13.0 Å². The van der Waals surface area contributed by atoms with Crippen molar-refractivity contribution in [2.24, 2.45) is 5.92 Å². The molecule has 76 valence electrons. The van der Waals surface area contributed by atoms with Gasteiger partial charge in [0.05, 0.1) is 11.6 Å². The second kappa shape index (κ2) is 4.65. The Morgan fingerprint density at radius 1 is 1.36 bits per heavy atom. The first kappa shape index (κ1) is 10.6. The highest BCUT2D eigenvalue weighted by Gasteiger charge is 2.11. The number of anilines is 1. The van der Waals surface area contributed by atoms with Crippen LogP contribution < -0.4 is 10.1 Å². The van der Waals surface area contributed by atoms with Gasteiger partial charge < -0.3 is 10.1 Å². The number of rotatable bonds is 3. The van der Waals surface area contributed by atoms with Crippen LogP contribution in [0.2, 0.25) is 0 Å². The van der Waals surface area contributed by atoms with Gasteiger partial charge in [-0.25, -0.2) is 0 Å². The zero-order valence-electron chi connectivity index (χ0n) is 8.70. The van der Waals surface area contributed by atoms with E-state index in [1.54, 1.807) is 13.1 Å². The summed E-state index contributed by atoms with van der Waals surface area (Å²) < 4.78 is 5.20. The van der Waals surface area contributed by atoms with Gasteiger partial charge in [-0.05, 0) is 12.1 Å². The lowest BCUT2D eigenvalue weighted by Crippen LogP contribution is -2.15. The molecule has 0 aliphatic carbocycles. The smallest absolute Gasteiger partial charge is 0.313 e. The molecule has 3 heteroatoms. The van der Waals surface area contributed by atoms with E-state index in [0.29, 0.717) is 5.75 Å². The molecule has 0 radical (unpaired) electrons. The summed E-state index contributed by atoms with van der Waals surface area (Å²) in [5.41, 5.74) is 0.821. The molecule has 0 heterocycles. The zero-order valence-corrected chi connectivity index (χ0v) is 8.70. The molecule has 1 aromatic rings. The highest BCUT2D eigenvalue weighted by Crippen LogP contribution is 2.23. The van der Waals surface area contributed by atoms with E-state index in [4.69, 9.17) is 4.74 Å². The third-order valence-corrected chi connectivity index (χ3v) is 1.84. The van der Waals surface area contributed by atoms with Gasteiger partial charge in [0.15, 0.2) is 5.75 Å². The number of carbonyl (C=O) groups excluding carboxylic acids is 1. The maximum Gasteiger partial charge on any atom is 0.313 e. The molecule has 0 aromatic heterocycles. The molecule has 0 spiro atoms. The summed E-state index contributed by atoms with van der Waals surface area (Å²) in [5.74, 6) is 0.251. The predicted molar refractivity (Wildman–Crippen MR) is 56.5 cm³/mol. The summed E-state index contributed by atoms with van der Waals surface area (Å²) >= 11 is 0. The van der Waals surface area contributed by atoms with Gasteiger partial charge in [0, 0.05) is 7.05 Å². The Kier molecular flexibility index (Phi) is 3.51. The molecule has 0 saturated heterocycles. The van der Waals surface area contributed by atoms with E-state index in [9.17, 15) is 4.79 Å². The van der Waals surface area contributed by atoms with Gasteiger partial charge in [-0.1, -0.05) is 26.0 Å². The van der Waals surface area contributed by atoms with Crippen molar-refractivity contribution in [1.29, 1.82) is 0 Å². The molecule has 1 rings (SSSR count). The zero-order chi connectivity index (χ0) is 10.6. The number of carbonyl (C=O) groups is 1. The van der Waals surface area contributed by atoms with Gasteiger partial charge in [0.1, 0.15) is 0 Å². The minimum atomic E-state index is -0.215. The van der Waals surface area contributed by atoms with E-state index in [1.165, 1.54) is 0 Å². The molecule has 0 bridgehead atoms. The molecule has 1 aromatic carbocycles. The summed E-state index contributed by atoms with van der Waals surface area (Å²) in [7, 11) is 1.79. The van der Waals surface area contributed by atoms with Crippen LogP contribution >= 0.6 is 0 Å². The maximum absolute atomic E-state index is 11.3. The molecule has 0 aliphatic heterocycles. The van der Waals surface area contributed by atoms with E-state index < -0.39 is 0 Å². The van der Waals surface area contributed by atoms with Crippen molar-refractivity contribution in [2.75, 3.05) is 12.4 Å². The van der Waals surface area contributed by atoms with E-state index in [-0.39, 0.29) is 11.9 Å². The summed E-state index contributed by atoms with van der Waals surface area (Å²) in [6, 6.07) is 7.36. The quantitative estimate of drug-likeness (QED) is 0.591. The van der Waals surface area contributed by atoms with Crippen molar-refractivity contribution in [2.45, 2.75) is 13.8 Å². The molecule has 0 saturated carbocycles. The van der Waals surface area contributed by atoms with Crippen LogP contribution in [0.4, 0.5) is 5.69 Å². The Bertz CT molecular complexity index is 321. The van der Waals surface area contributed by atoms with Crippen molar-refractivity contribution in [1.82, 2.24) is 0 Å². The third-order valence-electron chi connectivity index (χ3n) is 1.84. The van der Waals surface area contributed by atoms with Gasteiger partial charge in [-0.15, -0.1) is 0 Å². The lowest BCUT2D eigenvalue weighted by Gasteiger charge is -2.10. The van der Waals surface area contributed by atoms with Gasteiger partial charge in [0.25, 0.3) is 0 Å². The first-order chi connectivity index (χ1) is 6.65. The van der Waals surface area contributed by atoms with Crippen LogP contribution in [0.3, 0.4) is 0 Å². The largest absolute Gasteiger partial charge is 0.424 e. The Balaban J connectivity index is 2.80. The van der Waals surface area contributed by atoms with Gasteiger partial charge in [-0.2, -0.15) is 0 Å². The van der Waals surface area contributed by atoms with Crippen LogP contribution in [-0.2, 0) is 4.79 Å². The van der Waals surface area contributed by atoms with Crippen molar-refractivity contribution < 1.29 is 9.53 Å². The topological polar surface area (TPSA) is 38.3 Å². The van der Waals surface area contributed by atoms with E-state index in [2.05, 4.69) is 5.32 Å². The van der Waals surface area contributed by atoms with E-state index in [1.807, 2.05) is 32.0 Å². The first-order valence-corrected chi connectivity index (χ1v) is 4.63. The maximum atomic E-state index is 11.3. The van der Waals surface area contributed by atoms with Gasteiger partial charge in [-0.3, -0.25) is 4.79 Å². The Morgan fingerprint density at radius 3 is 2.57 bits per heavy atom. The molecule has 0 amide bonds. The third kappa shape index (κ3) is 2.49. The Labute approximate surface area is 84.1 Å². The minimum absolute atomic E-state index is 0.111. The minimum Gasteiger partial charge on any atom is -0.424 e. The number of para-hydroxylation sites is 2. The average molecular weight is 193 g/mol. The normalized spacial score (nSPS) is 10.0. The average Bonchev–Trinajstić information content (AvgIpc) is 2.18. The molecule has 1 N–H and O–H groups in total. The second-order valence-corrected chi connectivity index (χ2v) is 3.32. The monoisotopic (exact) mass is 193 g/mol. The molecule has 0 unspecified atom stereocenters. The lowest BCUT2D eigenvalue weighted by atomic mass is 10.2. The molecule has 0 aliphatic rings. The molecular formula is C11H15NO2. The summed E-state index contributed by atoms with van der Waals surface area (Å²) in [4.78, 5) is 11.3. The van der Waals surface area contributed by atoms with Crippen LogP contribution in [0.5, 0.6) is 5.75 Å². The number of benzene rings is 1. The highest BCUT2D eigenvalue weighted by atomic mass is 16.5. The van der Waals surface area contributed by atoms with Crippen molar-refractivity contribution in [3.63, 3.8) is 0 Å². The number of hydrogen-bond acceptors (Lipinski definition) is 3. The van der Waals surface area contributed by atoms with Crippen LogP contribution in [0.15, 0.2) is 24.3 Å². The highest BCUT2D eigenvalue weighted by molar-refractivity contribution is 5.76. The van der Waals surface area contributed by atoms with Crippen LogP contribution in [0.1, 0.15) is 13.8 Å². The van der Waals surface area contributed by atoms with E-state index in [0.717, 1.165) is 5.69 Å². The van der Waals surface area contributed by atoms with Crippen molar-refractivity contribution >= 4 is 11.7 Å². The summed E-state index contributed by atoms with van der Waals surface area (Å²) in [6.45, 7) is 3.62. The number of ether oxygens (including phenoxy) is 1. The lowest BCUT2D eigenvalue weighted by molar-refractivity contribution is -0.137. The fraction of sp³-hybridized carbons (Fsp3) is 0.364. The standard InChI is InChI=1S/C11H15NO2/c1-8(2)11(13)14-10-7-5-4-6-9(10)12-3/h4-8,12H,1-3H3. The predicted octanol–water partition coefficient (Wildman–Crippen LogP) is 2.29. The van der Waals surface area contributed by atoms with Crippen molar-refractivity contribution in [3.8, 4) is 5.75 Å². The van der Waals surface area contributed by atoms with Gasteiger partial charge >= 0.3 is 5.97 Å². The first-order valence-electron chi connectivity index (χ1n) is 4.63. The molecular weight excluding hydrogens is 178 g/mol. The molecule has 0 atom stereocenters. The van der Waals surface area contributed by atoms with E-state index >= 15 is 0 Å². The fourth-order valence-electron chi connectivity index (χ4n) is 0.988.